The number of benzene rings is 1. The molecule has 0 spiro atoms. The van der Waals surface area contributed by atoms with Crippen LogP contribution in [-0.4, -0.2) is 24.6 Å². The molecule has 98 valence electrons. The van der Waals surface area contributed by atoms with Crippen LogP contribution in [0, 0.1) is 0 Å². The number of H-pyrrole nitrogens is 1. The van der Waals surface area contributed by atoms with Gasteiger partial charge in [-0.25, -0.2) is 4.79 Å². The van der Waals surface area contributed by atoms with Gasteiger partial charge in [0.15, 0.2) is 5.58 Å². The van der Waals surface area contributed by atoms with Crippen LogP contribution in [0.1, 0.15) is 25.5 Å². The van der Waals surface area contributed by atoms with E-state index < -0.39 is 5.76 Å². The SMILES string of the molecule is CNC(c1ccc2oc(=O)[nH]c2c1)C(C)(C)NC. The van der Waals surface area contributed by atoms with Crippen molar-refractivity contribution in [1.82, 2.24) is 15.6 Å². The predicted molar refractivity (Wildman–Crippen MR) is 71.8 cm³/mol. The van der Waals surface area contributed by atoms with Crippen LogP contribution in [0.2, 0.25) is 0 Å². The van der Waals surface area contributed by atoms with Gasteiger partial charge in [-0.15, -0.1) is 0 Å². The molecule has 0 aliphatic carbocycles. The van der Waals surface area contributed by atoms with Gasteiger partial charge in [0.05, 0.1) is 5.52 Å². The van der Waals surface area contributed by atoms with Gasteiger partial charge in [-0.05, 0) is 45.6 Å². The van der Waals surface area contributed by atoms with E-state index >= 15 is 0 Å². The summed E-state index contributed by atoms with van der Waals surface area (Å²) in [5.74, 6) is -0.420. The summed E-state index contributed by atoms with van der Waals surface area (Å²) in [4.78, 5) is 13.8. The number of rotatable bonds is 4. The third-order valence-electron chi connectivity index (χ3n) is 3.43. The van der Waals surface area contributed by atoms with Gasteiger partial charge in [-0.2, -0.15) is 0 Å². The fourth-order valence-corrected chi connectivity index (χ4v) is 2.24. The van der Waals surface area contributed by atoms with Crippen molar-refractivity contribution in [2.24, 2.45) is 0 Å². The van der Waals surface area contributed by atoms with E-state index in [4.69, 9.17) is 4.42 Å². The Balaban J connectivity index is 2.48. The number of fused-ring (bicyclic) bond motifs is 1. The van der Waals surface area contributed by atoms with Crippen LogP contribution < -0.4 is 16.4 Å². The summed E-state index contributed by atoms with van der Waals surface area (Å²) in [6.45, 7) is 4.24. The highest BCUT2D eigenvalue weighted by atomic mass is 16.4. The minimum Gasteiger partial charge on any atom is -0.408 e. The van der Waals surface area contributed by atoms with Crippen LogP contribution >= 0.6 is 0 Å². The van der Waals surface area contributed by atoms with Gasteiger partial charge in [0.2, 0.25) is 0 Å². The second-order valence-corrected chi connectivity index (χ2v) is 4.96. The highest BCUT2D eigenvalue weighted by Gasteiger charge is 2.28. The molecule has 0 fully saturated rings. The first-order valence-corrected chi connectivity index (χ1v) is 5.97. The van der Waals surface area contributed by atoms with E-state index in [-0.39, 0.29) is 11.6 Å². The predicted octanol–water partition coefficient (Wildman–Crippen LogP) is 1.38. The Bertz CT molecular complexity index is 598. The number of hydrogen-bond donors (Lipinski definition) is 3. The van der Waals surface area contributed by atoms with E-state index in [0.29, 0.717) is 5.58 Å². The van der Waals surface area contributed by atoms with E-state index in [0.717, 1.165) is 11.1 Å². The molecular weight excluding hydrogens is 230 g/mol. The zero-order chi connectivity index (χ0) is 13.3. The Kier molecular flexibility index (Phi) is 3.28. The highest BCUT2D eigenvalue weighted by Crippen LogP contribution is 2.26. The summed E-state index contributed by atoms with van der Waals surface area (Å²) in [6, 6.07) is 5.86. The summed E-state index contributed by atoms with van der Waals surface area (Å²) < 4.78 is 5.00. The maximum Gasteiger partial charge on any atom is 0.417 e. The van der Waals surface area contributed by atoms with Crippen molar-refractivity contribution in [2.45, 2.75) is 25.4 Å². The third kappa shape index (κ3) is 2.19. The van der Waals surface area contributed by atoms with E-state index in [1.807, 2.05) is 32.3 Å². The Hall–Kier alpha value is -1.59. The van der Waals surface area contributed by atoms with Gasteiger partial charge in [0.1, 0.15) is 0 Å². The fraction of sp³-hybridized carbons (Fsp3) is 0.462. The van der Waals surface area contributed by atoms with Crippen molar-refractivity contribution in [2.75, 3.05) is 14.1 Å². The minimum atomic E-state index is -0.420. The molecule has 0 aliphatic rings. The lowest BCUT2D eigenvalue weighted by Crippen LogP contribution is -2.47. The van der Waals surface area contributed by atoms with Crippen molar-refractivity contribution in [3.05, 3.63) is 34.3 Å². The van der Waals surface area contributed by atoms with Crippen molar-refractivity contribution in [1.29, 1.82) is 0 Å². The molecule has 2 rings (SSSR count). The standard InChI is InChI=1S/C13H19N3O2/c1-13(2,15-4)11(14-3)8-5-6-10-9(7-8)16-12(17)18-10/h5-7,11,14-15H,1-4H3,(H,16,17). The molecule has 18 heavy (non-hydrogen) atoms. The lowest BCUT2D eigenvalue weighted by Gasteiger charge is -2.34. The molecule has 0 aliphatic heterocycles. The summed E-state index contributed by atoms with van der Waals surface area (Å²) in [5, 5.41) is 6.58. The van der Waals surface area contributed by atoms with Gasteiger partial charge < -0.3 is 15.1 Å². The quantitative estimate of drug-likeness (QED) is 0.765. The number of nitrogens with one attached hydrogen (secondary N) is 3. The van der Waals surface area contributed by atoms with Crippen LogP contribution in [0.5, 0.6) is 0 Å². The molecule has 0 saturated carbocycles. The molecule has 1 heterocycles. The molecule has 5 nitrogen and oxygen atoms in total. The number of oxazole rings is 1. The number of aromatic amines is 1. The Morgan fingerprint density at radius 1 is 1.33 bits per heavy atom. The van der Waals surface area contributed by atoms with Gasteiger partial charge >= 0.3 is 5.76 Å². The van der Waals surface area contributed by atoms with Crippen molar-refractivity contribution in [3.63, 3.8) is 0 Å². The topological polar surface area (TPSA) is 70.1 Å². The number of aromatic nitrogens is 1. The Labute approximate surface area is 106 Å². The highest BCUT2D eigenvalue weighted by molar-refractivity contribution is 5.73. The molecule has 1 aromatic heterocycles. The summed E-state index contributed by atoms with van der Waals surface area (Å²) in [7, 11) is 3.86. The third-order valence-corrected chi connectivity index (χ3v) is 3.43. The van der Waals surface area contributed by atoms with Crippen molar-refractivity contribution < 1.29 is 4.42 Å². The normalized spacial score (nSPS) is 14.0. The lowest BCUT2D eigenvalue weighted by molar-refractivity contribution is 0.311. The van der Waals surface area contributed by atoms with Crippen LogP contribution in [0.15, 0.2) is 27.4 Å². The molecule has 1 atom stereocenters. The molecule has 1 unspecified atom stereocenters. The summed E-state index contributed by atoms with van der Waals surface area (Å²) in [5.41, 5.74) is 2.30. The second-order valence-electron chi connectivity index (χ2n) is 4.96. The monoisotopic (exact) mass is 249 g/mol. The molecule has 2 aromatic rings. The molecule has 0 amide bonds. The molecular formula is C13H19N3O2. The van der Waals surface area contributed by atoms with Crippen LogP contribution in [0.3, 0.4) is 0 Å². The van der Waals surface area contributed by atoms with Crippen LogP contribution in [-0.2, 0) is 0 Å². The van der Waals surface area contributed by atoms with E-state index in [1.54, 1.807) is 0 Å². The first-order chi connectivity index (χ1) is 8.47. The number of hydrogen-bond acceptors (Lipinski definition) is 4. The smallest absolute Gasteiger partial charge is 0.408 e. The Morgan fingerprint density at radius 3 is 2.67 bits per heavy atom. The average molecular weight is 249 g/mol. The van der Waals surface area contributed by atoms with Gasteiger partial charge in [-0.1, -0.05) is 6.07 Å². The first kappa shape index (κ1) is 12.9. The van der Waals surface area contributed by atoms with Crippen LogP contribution in [0.25, 0.3) is 11.1 Å². The number of likely N-dealkylation sites (N-methyl/N-ethyl adjacent to an activating group) is 2. The van der Waals surface area contributed by atoms with E-state index in [1.165, 1.54) is 0 Å². The summed E-state index contributed by atoms with van der Waals surface area (Å²) >= 11 is 0. The van der Waals surface area contributed by atoms with Gasteiger partial charge in [0.25, 0.3) is 0 Å². The molecule has 0 bridgehead atoms. The zero-order valence-electron chi connectivity index (χ0n) is 11.1. The largest absolute Gasteiger partial charge is 0.417 e. The molecule has 3 N–H and O–H groups in total. The van der Waals surface area contributed by atoms with Gasteiger partial charge in [-0.3, -0.25) is 4.98 Å². The Morgan fingerprint density at radius 2 is 2.06 bits per heavy atom. The van der Waals surface area contributed by atoms with Crippen LogP contribution in [0.4, 0.5) is 0 Å². The first-order valence-electron chi connectivity index (χ1n) is 5.97. The maximum absolute atomic E-state index is 11.1. The zero-order valence-corrected chi connectivity index (χ0v) is 11.1. The second kappa shape index (κ2) is 4.59. The van der Waals surface area contributed by atoms with Crippen molar-refractivity contribution >= 4 is 11.1 Å². The lowest BCUT2D eigenvalue weighted by atomic mass is 9.88. The minimum absolute atomic E-state index is 0.105. The molecule has 0 saturated heterocycles. The maximum atomic E-state index is 11.1. The molecule has 0 radical (unpaired) electrons. The van der Waals surface area contributed by atoms with E-state index in [9.17, 15) is 4.79 Å². The molecule has 1 aromatic carbocycles. The van der Waals surface area contributed by atoms with E-state index in [2.05, 4.69) is 29.5 Å². The molecule has 5 heteroatoms. The van der Waals surface area contributed by atoms with Gasteiger partial charge in [0, 0.05) is 11.6 Å². The fourth-order valence-electron chi connectivity index (χ4n) is 2.24. The average Bonchev–Trinajstić information content (AvgIpc) is 2.69. The summed E-state index contributed by atoms with van der Waals surface area (Å²) in [6.07, 6.45) is 0. The van der Waals surface area contributed by atoms with Crippen molar-refractivity contribution in [3.8, 4) is 0 Å².